The number of hydrogen-bond donors (Lipinski definition) is 1. The largest absolute Gasteiger partial charge is 0.481 e. The van der Waals surface area contributed by atoms with Gasteiger partial charge in [-0.25, -0.2) is 4.98 Å². The van der Waals surface area contributed by atoms with Crippen molar-refractivity contribution < 1.29 is 9.90 Å². The van der Waals surface area contributed by atoms with E-state index in [9.17, 15) is 4.79 Å². The number of carboxylic acid groups (broad SMARTS) is 1. The fourth-order valence-corrected chi connectivity index (χ4v) is 1.85. The molecule has 0 radical (unpaired) electrons. The average molecular weight is 183 g/mol. The van der Waals surface area contributed by atoms with Gasteiger partial charge < -0.3 is 5.11 Å². The van der Waals surface area contributed by atoms with Gasteiger partial charge in [0, 0.05) is 11.8 Å². The second-order valence-electron chi connectivity index (χ2n) is 3.24. The summed E-state index contributed by atoms with van der Waals surface area (Å²) in [5.41, 5.74) is 2.20. The van der Waals surface area contributed by atoms with Gasteiger partial charge >= 0.3 is 5.97 Å². The third-order valence-corrected chi connectivity index (χ3v) is 2.95. The SMILES string of the molecule is O=C(O)C1(Cc2cscn2)CC1. The molecule has 64 valence electrons. The van der Waals surface area contributed by atoms with Crippen LogP contribution >= 0.6 is 11.3 Å². The maximum absolute atomic E-state index is 10.8. The van der Waals surface area contributed by atoms with E-state index in [0.29, 0.717) is 6.42 Å². The Morgan fingerprint density at radius 1 is 1.75 bits per heavy atom. The van der Waals surface area contributed by atoms with Crippen molar-refractivity contribution in [1.82, 2.24) is 4.98 Å². The molecule has 0 aliphatic heterocycles. The third kappa shape index (κ3) is 1.22. The monoisotopic (exact) mass is 183 g/mol. The number of rotatable bonds is 3. The standard InChI is InChI=1S/C8H9NO2S/c10-7(11)8(1-2-8)3-6-4-12-5-9-6/h4-5H,1-3H2,(H,10,11). The lowest BCUT2D eigenvalue weighted by Crippen LogP contribution is -2.17. The molecule has 1 aliphatic rings. The van der Waals surface area contributed by atoms with Crippen molar-refractivity contribution in [2.24, 2.45) is 5.41 Å². The van der Waals surface area contributed by atoms with E-state index in [4.69, 9.17) is 5.11 Å². The quantitative estimate of drug-likeness (QED) is 0.773. The summed E-state index contributed by atoms with van der Waals surface area (Å²) in [7, 11) is 0. The van der Waals surface area contributed by atoms with Crippen LogP contribution in [0.4, 0.5) is 0 Å². The summed E-state index contributed by atoms with van der Waals surface area (Å²) >= 11 is 1.52. The lowest BCUT2D eigenvalue weighted by Gasteiger charge is -2.05. The fourth-order valence-electron chi connectivity index (χ4n) is 1.29. The molecule has 0 spiro atoms. The molecule has 1 saturated carbocycles. The molecule has 1 aliphatic carbocycles. The van der Waals surface area contributed by atoms with E-state index >= 15 is 0 Å². The Hall–Kier alpha value is -0.900. The maximum Gasteiger partial charge on any atom is 0.310 e. The average Bonchev–Trinajstić information content (AvgIpc) is 2.60. The predicted molar refractivity (Wildman–Crippen MR) is 45.1 cm³/mol. The second-order valence-corrected chi connectivity index (χ2v) is 3.96. The first-order valence-corrected chi connectivity index (χ1v) is 4.78. The van der Waals surface area contributed by atoms with Crippen LogP contribution in [0.1, 0.15) is 18.5 Å². The van der Waals surface area contributed by atoms with E-state index in [1.807, 2.05) is 5.38 Å². The van der Waals surface area contributed by atoms with Crippen LogP contribution < -0.4 is 0 Å². The van der Waals surface area contributed by atoms with Crippen LogP contribution in [0.25, 0.3) is 0 Å². The zero-order chi connectivity index (χ0) is 8.60. The second kappa shape index (κ2) is 2.55. The van der Waals surface area contributed by atoms with Crippen molar-refractivity contribution in [3.8, 4) is 0 Å². The molecule has 0 saturated heterocycles. The highest BCUT2D eigenvalue weighted by Gasteiger charge is 2.50. The first kappa shape index (κ1) is 7.73. The molecule has 0 aromatic carbocycles. The van der Waals surface area contributed by atoms with Crippen molar-refractivity contribution >= 4 is 17.3 Å². The number of aliphatic carboxylic acids is 1. The molecule has 0 amide bonds. The van der Waals surface area contributed by atoms with Gasteiger partial charge in [-0.1, -0.05) is 0 Å². The van der Waals surface area contributed by atoms with E-state index in [1.165, 1.54) is 11.3 Å². The van der Waals surface area contributed by atoms with Gasteiger partial charge in [0.25, 0.3) is 0 Å². The van der Waals surface area contributed by atoms with Crippen LogP contribution in [-0.2, 0) is 11.2 Å². The van der Waals surface area contributed by atoms with Crippen molar-refractivity contribution in [2.45, 2.75) is 19.3 Å². The Kier molecular flexibility index (Phi) is 1.65. The number of aromatic nitrogens is 1. The Bertz CT molecular complexity index is 290. The van der Waals surface area contributed by atoms with Crippen molar-refractivity contribution in [3.05, 3.63) is 16.6 Å². The van der Waals surface area contributed by atoms with Crippen molar-refractivity contribution in [3.63, 3.8) is 0 Å². The highest BCUT2D eigenvalue weighted by molar-refractivity contribution is 7.07. The van der Waals surface area contributed by atoms with Gasteiger partial charge in [0.1, 0.15) is 0 Å². The fraction of sp³-hybridized carbons (Fsp3) is 0.500. The van der Waals surface area contributed by atoms with E-state index in [1.54, 1.807) is 5.51 Å². The number of nitrogens with zero attached hydrogens (tertiary/aromatic N) is 1. The van der Waals surface area contributed by atoms with Crippen LogP contribution in [0, 0.1) is 5.41 Å². The molecule has 1 aromatic heterocycles. The van der Waals surface area contributed by atoms with Crippen molar-refractivity contribution in [2.75, 3.05) is 0 Å². The lowest BCUT2D eigenvalue weighted by atomic mass is 10.0. The first-order valence-electron chi connectivity index (χ1n) is 3.83. The molecule has 3 nitrogen and oxygen atoms in total. The topological polar surface area (TPSA) is 50.2 Å². The zero-order valence-corrected chi connectivity index (χ0v) is 7.30. The molecule has 0 unspecified atom stereocenters. The smallest absolute Gasteiger partial charge is 0.310 e. The molecule has 12 heavy (non-hydrogen) atoms. The number of hydrogen-bond acceptors (Lipinski definition) is 3. The van der Waals surface area contributed by atoms with E-state index in [-0.39, 0.29) is 0 Å². The highest BCUT2D eigenvalue weighted by atomic mass is 32.1. The molecular weight excluding hydrogens is 174 g/mol. The molecule has 1 heterocycles. The van der Waals surface area contributed by atoms with Crippen LogP contribution in [0.5, 0.6) is 0 Å². The van der Waals surface area contributed by atoms with Crippen molar-refractivity contribution in [1.29, 1.82) is 0 Å². The van der Waals surface area contributed by atoms with Gasteiger partial charge in [0.2, 0.25) is 0 Å². The summed E-state index contributed by atoms with van der Waals surface area (Å²) in [4.78, 5) is 14.9. The maximum atomic E-state index is 10.8. The number of thiazole rings is 1. The van der Waals surface area contributed by atoms with Crippen LogP contribution in [-0.4, -0.2) is 16.1 Å². The summed E-state index contributed by atoms with van der Waals surface area (Å²) in [6, 6.07) is 0. The number of carboxylic acids is 1. The molecule has 1 N–H and O–H groups in total. The van der Waals surface area contributed by atoms with Gasteiger partial charge in [-0.15, -0.1) is 11.3 Å². The zero-order valence-electron chi connectivity index (χ0n) is 6.49. The summed E-state index contributed by atoms with van der Waals surface area (Å²) in [5, 5.41) is 10.8. The minimum Gasteiger partial charge on any atom is -0.481 e. The highest BCUT2D eigenvalue weighted by Crippen LogP contribution is 2.48. The minimum absolute atomic E-state index is 0.464. The van der Waals surface area contributed by atoms with Gasteiger partial charge in [0.05, 0.1) is 16.6 Å². The van der Waals surface area contributed by atoms with E-state index in [2.05, 4.69) is 4.98 Å². The molecule has 0 bridgehead atoms. The summed E-state index contributed by atoms with van der Waals surface area (Å²) < 4.78 is 0. The van der Waals surface area contributed by atoms with Crippen LogP contribution in [0.15, 0.2) is 10.9 Å². The van der Waals surface area contributed by atoms with Gasteiger partial charge in [0.15, 0.2) is 0 Å². The molecular formula is C8H9NO2S. The van der Waals surface area contributed by atoms with Gasteiger partial charge in [-0.3, -0.25) is 4.79 Å². The lowest BCUT2D eigenvalue weighted by molar-refractivity contribution is -0.143. The molecule has 4 heteroatoms. The van der Waals surface area contributed by atoms with Gasteiger partial charge in [-0.05, 0) is 12.8 Å². The molecule has 2 rings (SSSR count). The molecule has 1 fully saturated rings. The Morgan fingerprint density at radius 3 is 2.92 bits per heavy atom. The van der Waals surface area contributed by atoms with E-state index < -0.39 is 11.4 Å². The first-order chi connectivity index (χ1) is 5.73. The van der Waals surface area contributed by atoms with Crippen LogP contribution in [0.2, 0.25) is 0 Å². The number of carbonyl (C=O) groups is 1. The Balaban J connectivity index is 2.09. The van der Waals surface area contributed by atoms with Gasteiger partial charge in [-0.2, -0.15) is 0 Å². The Labute approximate surface area is 74.1 Å². The minimum atomic E-state index is -0.671. The summed E-state index contributed by atoms with van der Waals surface area (Å²) in [5.74, 6) is -0.671. The third-order valence-electron chi connectivity index (χ3n) is 2.31. The summed E-state index contributed by atoms with van der Waals surface area (Å²) in [6.45, 7) is 0. The van der Waals surface area contributed by atoms with E-state index in [0.717, 1.165) is 18.5 Å². The predicted octanol–water partition coefficient (Wildman–Crippen LogP) is 1.55. The Morgan fingerprint density at radius 2 is 2.50 bits per heavy atom. The molecule has 0 atom stereocenters. The molecule has 1 aromatic rings. The summed E-state index contributed by atoms with van der Waals surface area (Å²) in [6.07, 6.45) is 2.21. The van der Waals surface area contributed by atoms with Crippen LogP contribution in [0.3, 0.4) is 0 Å². The normalized spacial score (nSPS) is 19.0.